The Bertz CT molecular complexity index is 1370. The number of unbranched alkanes of at least 4 members (excludes halogenated alkanes) is 2. The van der Waals surface area contributed by atoms with E-state index in [1.807, 2.05) is 51.9 Å². The van der Waals surface area contributed by atoms with Crippen LogP contribution in [0.1, 0.15) is 73.7 Å². The molecule has 0 saturated heterocycles. The van der Waals surface area contributed by atoms with E-state index in [1.165, 1.54) is 29.5 Å². The number of aromatic nitrogens is 2. The first-order valence-corrected chi connectivity index (χ1v) is 14.8. The van der Waals surface area contributed by atoms with Crippen molar-refractivity contribution in [3.63, 3.8) is 0 Å². The summed E-state index contributed by atoms with van der Waals surface area (Å²) in [5, 5.41) is 17.1. The Morgan fingerprint density at radius 3 is 2.60 bits per heavy atom. The largest absolute Gasteiger partial charge is 0.487 e. The molecule has 226 valence electrons. The predicted octanol–water partition coefficient (Wildman–Crippen LogP) is 6.25. The third-order valence-electron chi connectivity index (χ3n) is 5.99. The highest BCUT2D eigenvalue weighted by molar-refractivity contribution is 7.13. The monoisotopic (exact) mass is 597 g/mol. The quantitative estimate of drug-likeness (QED) is 0.0663. The Hall–Kier alpha value is -3.90. The van der Waals surface area contributed by atoms with E-state index in [1.54, 1.807) is 11.6 Å². The molecule has 0 amide bonds. The van der Waals surface area contributed by atoms with Gasteiger partial charge in [-0.05, 0) is 91.4 Å². The summed E-state index contributed by atoms with van der Waals surface area (Å²) in [5.74, 6) is 0.307. The molecular weight excluding hydrogens is 558 g/mol. The number of ether oxygens (including phenoxy) is 2. The fraction of sp³-hybridized carbons (Fsp3) is 0.467. The summed E-state index contributed by atoms with van der Waals surface area (Å²) >= 11 is 1.37. The second kappa shape index (κ2) is 15.4. The van der Waals surface area contributed by atoms with Crippen molar-refractivity contribution in [3.8, 4) is 16.3 Å². The first-order valence-electron chi connectivity index (χ1n) is 13.9. The van der Waals surface area contributed by atoms with Gasteiger partial charge in [-0.3, -0.25) is 14.9 Å². The van der Waals surface area contributed by atoms with E-state index in [9.17, 15) is 19.7 Å². The van der Waals surface area contributed by atoms with E-state index in [4.69, 9.17) is 9.47 Å². The molecule has 3 aromatic rings. The summed E-state index contributed by atoms with van der Waals surface area (Å²) in [6.45, 7) is 7.22. The van der Waals surface area contributed by atoms with Crippen molar-refractivity contribution in [2.45, 2.75) is 58.5 Å². The molecule has 2 heterocycles. The van der Waals surface area contributed by atoms with Crippen LogP contribution in [0.5, 0.6) is 5.75 Å². The molecule has 42 heavy (non-hydrogen) atoms. The predicted molar refractivity (Wildman–Crippen MR) is 164 cm³/mol. The van der Waals surface area contributed by atoms with E-state index < -0.39 is 16.5 Å². The van der Waals surface area contributed by atoms with Crippen LogP contribution in [0.2, 0.25) is 0 Å². The Morgan fingerprint density at radius 2 is 1.88 bits per heavy atom. The van der Waals surface area contributed by atoms with E-state index >= 15 is 0 Å². The summed E-state index contributed by atoms with van der Waals surface area (Å²) in [6, 6.07) is 8.03. The molecule has 0 aliphatic heterocycles. The van der Waals surface area contributed by atoms with Crippen LogP contribution >= 0.6 is 11.3 Å². The molecule has 0 spiro atoms. The average Bonchev–Trinajstić information content (AvgIpc) is 3.42. The Morgan fingerprint density at radius 1 is 1.10 bits per heavy atom. The van der Waals surface area contributed by atoms with Crippen molar-refractivity contribution >= 4 is 34.6 Å². The molecule has 1 N–H and O–H groups in total. The molecule has 0 bridgehead atoms. The molecule has 0 atom stereocenters. The number of carbonyl (C=O) groups is 2. The van der Waals surface area contributed by atoms with Crippen molar-refractivity contribution in [2.75, 3.05) is 39.1 Å². The lowest BCUT2D eigenvalue weighted by molar-refractivity contribution is -0.385. The standard InChI is InChI=1S/C30H39N5O6S/c1-30(2,3)41-29(37)23-20-42-28(33-23)22-13-15-32-27(19-22)31-14-7-6-8-17-40-26-18-21(11-12-24(26)35(38)39)25(36)10-9-16-34(4)5/h11-13,15,18-20H,6-10,14,16-17H2,1-5H3,(H,31,32). The zero-order valence-corrected chi connectivity index (χ0v) is 25.7. The first kappa shape index (κ1) is 32.6. The van der Waals surface area contributed by atoms with Crippen LogP contribution in [0.25, 0.3) is 10.6 Å². The number of carbonyl (C=O) groups excluding carboxylic acids is 2. The fourth-order valence-corrected chi connectivity index (χ4v) is 4.73. The van der Waals surface area contributed by atoms with Crippen molar-refractivity contribution in [3.05, 3.63) is 63.3 Å². The molecule has 1 aromatic carbocycles. The van der Waals surface area contributed by atoms with Gasteiger partial charge in [-0.15, -0.1) is 11.3 Å². The summed E-state index contributed by atoms with van der Waals surface area (Å²) in [6.07, 6.45) is 5.13. The van der Waals surface area contributed by atoms with Crippen LogP contribution in [-0.4, -0.2) is 70.9 Å². The molecule has 11 nitrogen and oxygen atoms in total. The zero-order chi connectivity index (χ0) is 30.7. The molecular formula is C30H39N5O6S. The van der Waals surface area contributed by atoms with Crippen LogP contribution in [0, 0.1) is 10.1 Å². The molecule has 2 aromatic heterocycles. The Kier molecular flexibility index (Phi) is 11.9. The van der Waals surface area contributed by atoms with E-state index in [0.29, 0.717) is 48.8 Å². The van der Waals surface area contributed by atoms with E-state index in [-0.39, 0.29) is 22.9 Å². The molecule has 3 rings (SSSR count). The Labute approximate surface area is 250 Å². The highest BCUT2D eigenvalue weighted by Gasteiger charge is 2.21. The molecule has 0 radical (unpaired) electrons. The Balaban J connectivity index is 1.44. The number of nitrogens with zero attached hydrogens (tertiary/aromatic N) is 4. The number of thiazole rings is 1. The fourth-order valence-electron chi connectivity index (χ4n) is 3.95. The second-order valence-corrected chi connectivity index (χ2v) is 11.9. The zero-order valence-electron chi connectivity index (χ0n) is 24.8. The lowest BCUT2D eigenvalue weighted by Crippen LogP contribution is -2.24. The van der Waals surface area contributed by atoms with Crippen molar-refractivity contribution in [2.24, 2.45) is 0 Å². The number of ketones is 1. The minimum Gasteiger partial charge on any atom is -0.487 e. The normalized spacial score (nSPS) is 11.4. The van der Waals surface area contributed by atoms with E-state index in [0.717, 1.165) is 24.9 Å². The second-order valence-electron chi connectivity index (χ2n) is 11.1. The van der Waals surface area contributed by atoms with Crippen LogP contribution in [0.4, 0.5) is 11.5 Å². The number of rotatable bonds is 16. The van der Waals surface area contributed by atoms with Gasteiger partial charge < -0.3 is 19.7 Å². The number of nitrogens with one attached hydrogen (secondary N) is 1. The van der Waals surface area contributed by atoms with Gasteiger partial charge in [0, 0.05) is 41.7 Å². The summed E-state index contributed by atoms with van der Waals surface area (Å²) in [7, 11) is 3.89. The van der Waals surface area contributed by atoms with Crippen molar-refractivity contribution in [1.29, 1.82) is 0 Å². The number of hydrogen-bond acceptors (Lipinski definition) is 11. The minimum absolute atomic E-state index is 0.0568. The molecule has 12 heteroatoms. The maximum Gasteiger partial charge on any atom is 0.358 e. The van der Waals surface area contributed by atoms with Gasteiger partial charge in [0.1, 0.15) is 16.4 Å². The van der Waals surface area contributed by atoms with Gasteiger partial charge in [0.25, 0.3) is 0 Å². The molecule has 0 saturated carbocycles. The lowest BCUT2D eigenvalue weighted by Gasteiger charge is -2.18. The van der Waals surface area contributed by atoms with Crippen LogP contribution in [0.15, 0.2) is 41.9 Å². The highest BCUT2D eigenvalue weighted by atomic mass is 32.1. The van der Waals surface area contributed by atoms with Gasteiger partial charge in [-0.1, -0.05) is 0 Å². The van der Waals surface area contributed by atoms with Crippen molar-refractivity contribution < 1.29 is 24.0 Å². The van der Waals surface area contributed by atoms with Crippen molar-refractivity contribution in [1.82, 2.24) is 14.9 Å². The van der Waals surface area contributed by atoms with Gasteiger partial charge in [0.05, 0.1) is 11.5 Å². The highest BCUT2D eigenvalue weighted by Crippen LogP contribution is 2.29. The molecule has 0 unspecified atom stereocenters. The summed E-state index contributed by atoms with van der Waals surface area (Å²) in [4.78, 5) is 46.6. The topological polar surface area (TPSA) is 137 Å². The van der Waals surface area contributed by atoms with Gasteiger partial charge in [0.15, 0.2) is 17.2 Å². The number of hydrogen-bond donors (Lipinski definition) is 1. The smallest absolute Gasteiger partial charge is 0.358 e. The third-order valence-corrected chi connectivity index (χ3v) is 6.88. The lowest BCUT2D eigenvalue weighted by atomic mass is 10.1. The molecule has 0 aliphatic rings. The average molecular weight is 598 g/mol. The van der Waals surface area contributed by atoms with Crippen LogP contribution in [-0.2, 0) is 4.74 Å². The van der Waals surface area contributed by atoms with Crippen LogP contribution in [0.3, 0.4) is 0 Å². The summed E-state index contributed by atoms with van der Waals surface area (Å²) in [5.41, 5.74) is 0.816. The minimum atomic E-state index is -0.588. The molecule has 0 fully saturated rings. The summed E-state index contributed by atoms with van der Waals surface area (Å²) < 4.78 is 11.1. The number of esters is 1. The first-order chi connectivity index (χ1) is 19.9. The number of anilines is 1. The van der Waals surface area contributed by atoms with Gasteiger partial charge in [0.2, 0.25) is 0 Å². The maximum atomic E-state index is 12.5. The van der Waals surface area contributed by atoms with Gasteiger partial charge in [-0.25, -0.2) is 14.8 Å². The van der Waals surface area contributed by atoms with E-state index in [2.05, 4.69) is 15.3 Å². The number of benzene rings is 1. The van der Waals surface area contributed by atoms with Gasteiger partial charge >= 0.3 is 11.7 Å². The molecule has 0 aliphatic carbocycles. The number of pyridine rings is 1. The third kappa shape index (κ3) is 10.5. The SMILES string of the molecule is CN(C)CCCC(=O)c1ccc([N+](=O)[O-])c(OCCCCCNc2cc(-c3nc(C(=O)OC(C)(C)C)cs3)ccn2)c1. The van der Waals surface area contributed by atoms with Crippen LogP contribution < -0.4 is 10.1 Å². The maximum absolute atomic E-state index is 12.5. The van der Waals surface area contributed by atoms with Gasteiger partial charge in [-0.2, -0.15) is 0 Å². The number of nitro groups is 1. The number of nitro benzene ring substituents is 1. The number of Topliss-reactive ketones (excluding diaryl/α,β-unsaturated/α-hetero) is 1.